The molecule has 0 saturated carbocycles. The van der Waals surface area contributed by atoms with Crippen molar-refractivity contribution in [3.8, 4) is 0 Å². The van der Waals surface area contributed by atoms with Gasteiger partial charge in [-0.15, -0.1) is 0 Å². The molecule has 1 aliphatic rings. The Morgan fingerprint density at radius 2 is 1.91 bits per heavy atom. The quantitative estimate of drug-likeness (QED) is 0.686. The van der Waals surface area contributed by atoms with Crippen molar-refractivity contribution >= 4 is 15.2 Å². The largest absolute Gasteiger partial charge is 0.346 e. The second kappa shape index (κ2) is 3.43. The maximum absolute atomic E-state index is 11.8. The molecule has 1 N–H and O–H groups in total. The van der Waals surface area contributed by atoms with Crippen molar-refractivity contribution in [1.82, 2.24) is 0 Å². The standard InChI is InChI=1S/C6H14O3P2/c1-6(10(7)8)11(9)4-2-3-5-11/h6,10H,2-5H2,1H3,(H,7,8). The van der Waals surface area contributed by atoms with Gasteiger partial charge in [0.15, 0.2) is 8.03 Å². The van der Waals surface area contributed by atoms with Gasteiger partial charge in [-0.25, -0.2) is 0 Å². The molecule has 2 atom stereocenters. The third kappa shape index (κ3) is 1.96. The van der Waals surface area contributed by atoms with Gasteiger partial charge >= 0.3 is 0 Å². The van der Waals surface area contributed by atoms with Crippen LogP contribution in [0.5, 0.6) is 0 Å². The van der Waals surface area contributed by atoms with Crippen molar-refractivity contribution in [3.63, 3.8) is 0 Å². The van der Waals surface area contributed by atoms with E-state index in [0.29, 0.717) is 12.3 Å². The lowest BCUT2D eigenvalue weighted by molar-refractivity contribution is 0.498. The smallest absolute Gasteiger partial charge is 0.198 e. The normalized spacial score (nSPS) is 28.2. The Kier molecular flexibility index (Phi) is 2.96. The predicted molar refractivity (Wildman–Crippen MR) is 47.3 cm³/mol. The van der Waals surface area contributed by atoms with Gasteiger partial charge in [0, 0.05) is 12.3 Å². The molecule has 0 radical (unpaired) electrons. The fourth-order valence-corrected chi connectivity index (χ4v) is 6.36. The van der Waals surface area contributed by atoms with Gasteiger partial charge in [0.1, 0.15) is 0 Å². The highest BCUT2D eigenvalue weighted by molar-refractivity contribution is 7.73. The average molecular weight is 196 g/mol. The highest BCUT2D eigenvalue weighted by Crippen LogP contribution is 2.62. The summed E-state index contributed by atoms with van der Waals surface area (Å²) in [5.74, 6) is 0. The second-order valence-corrected chi connectivity index (χ2v) is 8.72. The summed E-state index contributed by atoms with van der Waals surface area (Å²) in [6, 6.07) is 0. The van der Waals surface area contributed by atoms with E-state index in [1.54, 1.807) is 6.92 Å². The van der Waals surface area contributed by atoms with Crippen molar-refractivity contribution < 1.29 is 14.0 Å². The Labute approximate surface area is 67.4 Å². The molecule has 0 aromatic rings. The van der Waals surface area contributed by atoms with Gasteiger partial charge in [-0.05, 0) is 19.8 Å². The van der Waals surface area contributed by atoms with Crippen LogP contribution in [0.3, 0.4) is 0 Å². The molecule has 0 amide bonds. The summed E-state index contributed by atoms with van der Waals surface area (Å²) >= 11 is 0. The SMILES string of the molecule is CC([PH](=O)O)P1(=O)CCCC1. The minimum absolute atomic E-state index is 0.435. The third-order valence-corrected chi connectivity index (χ3v) is 8.73. The monoisotopic (exact) mass is 196 g/mol. The summed E-state index contributed by atoms with van der Waals surface area (Å²) in [7, 11) is -4.80. The van der Waals surface area contributed by atoms with Crippen LogP contribution in [0.25, 0.3) is 0 Å². The second-order valence-electron chi connectivity index (χ2n) is 3.12. The average Bonchev–Trinajstić information content (AvgIpc) is 2.35. The van der Waals surface area contributed by atoms with Crippen molar-refractivity contribution in [3.05, 3.63) is 0 Å². The summed E-state index contributed by atoms with van der Waals surface area (Å²) in [5, 5.41) is -0.435. The van der Waals surface area contributed by atoms with Gasteiger partial charge in [-0.1, -0.05) is 0 Å². The first kappa shape index (κ1) is 9.51. The highest BCUT2D eigenvalue weighted by atomic mass is 31.2. The van der Waals surface area contributed by atoms with Gasteiger partial charge < -0.3 is 9.46 Å². The first-order valence-electron chi connectivity index (χ1n) is 3.87. The van der Waals surface area contributed by atoms with Crippen LogP contribution < -0.4 is 0 Å². The Balaban J connectivity index is 2.72. The molecule has 2 unspecified atom stereocenters. The Morgan fingerprint density at radius 1 is 1.45 bits per heavy atom. The zero-order chi connectivity index (χ0) is 8.48. The van der Waals surface area contributed by atoms with Crippen LogP contribution in [0.1, 0.15) is 19.8 Å². The van der Waals surface area contributed by atoms with Crippen molar-refractivity contribution in [1.29, 1.82) is 0 Å². The topological polar surface area (TPSA) is 54.4 Å². The molecule has 0 aliphatic carbocycles. The van der Waals surface area contributed by atoms with E-state index in [0.717, 1.165) is 12.8 Å². The van der Waals surface area contributed by atoms with Gasteiger partial charge in [0.25, 0.3) is 0 Å². The fraction of sp³-hybridized carbons (Fsp3) is 1.00. The highest BCUT2D eigenvalue weighted by Gasteiger charge is 2.35. The van der Waals surface area contributed by atoms with Gasteiger partial charge in [-0.3, -0.25) is 4.57 Å². The molecule has 1 rings (SSSR count). The Hall–Kier alpha value is 0.420. The lowest BCUT2D eigenvalue weighted by atomic mass is 10.4. The minimum Gasteiger partial charge on any atom is -0.346 e. The van der Waals surface area contributed by atoms with Crippen LogP contribution in [0.4, 0.5) is 0 Å². The molecular formula is C6H14O3P2. The van der Waals surface area contributed by atoms with Crippen LogP contribution in [-0.2, 0) is 9.13 Å². The van der Waals surface area contributed by atoms with E-state index in [1.165, 1.54) is 0 Å². The van der Waals surface area contributed by atoms with Crippen molar-refractivity contribution in [2.24, 2.45) is 0 Å². The Bertz CT molecular complexity index is 204. The molecule has 3 nitrogen and oxygen atoms in total. The van der Waals surface area contributed by atoms with Crippen LogP contribution in [0.2, 0.25) is 0 Å². The molecule has 0 aromatic carbocycles. The summed E-state index contributed by atoms with van der Waals surface area (Å²) in [6.45, 7) is 1.65. The number of hydrogen-bond donors (Lipinski definition) is 1. The van der Waals surface area contributed by atoms with E-state index >= 15 is 0 Å². The van der Waals surface area contributed by atoms with Crippen LogP contribution >= 0.6 is 15.2 Å². The van der Waals surface area contributed by atoms with Crippen LogP contribution in [0.15, 0.2) is 0 Å². The van der Waals surface area contributed by atoms with E-state index in [2.05, 4.69) is 0 Å². The summed E-state index contributed by atoms with van der Waals surface area (Å²) < 4.78 is 22.5. The van der Waals surface area contributed by atoms with Crippen LogP contribution in [0, 0.1) is 0 Å². The van der Waals surface area contributed by atoms with Crippen molar-refractivity contribution in [2.75, 3.05) is 12.3 Å². The molecule has 1 saturated heterocycles. The van der Waals surface area contributed by atoms with Gasteiger partial charge in [0.05, 0.1) is 12.5 Å². The number of hydrogen-bond acceptors (Lipinski definition) is 2. The molecule has 11 heavy (non-hydrogen) atoms. The maximum Gasteiger partial charge on any atom is 0.198 e. The summed E-state index contributed by atoms with van der Waals surface area (Å²) in [4.78, 5) is 8.82. The summed E-state index contributed by atoms with van der Waals surface area (Å²) in [6.07, 6.45) is 3.31. The van der Waals surface area contributed by atoms with Crippen molar-refractivity contribution in [2.45, 2.75) is 25.2 Å². The van der Waals surface area contributed by atoms with Gasteiger partial charge in [-0.2, -0.15) is 0 Å². The molecule has 0 bridgehead atoms. The first-order valence-corrected chi connectivity index (χ1v) is 7.45. The van der Waals surface area contributed by atoms with Gasteiger partial charge in [0.2, 0.25) is 0 Å². The van der Waals surface area contributed by atoms with E-state index in [4.69, 9.17) is 4.89 Å². The molecule has 0 spiro atoms. The lowest BCUT2D eigenvalue weighted by Crippen LogP contribution is -1.99. The van der Waals surface area contributed by atoms with E-state index in [-0.39, 0.29) is 0 Å². The molecule has 1 fully saturated rings. The lowest BCUT2D eigenvalue weighted by Gasteiger charge is -2.16. The number of rotatable bonds is 2. The van der Waals surface area contributed by atoms with E-state index in [1.807, 2.05) is 0 Å². The molecule has 0 aromatic heterocycles. The fourth-order valence-electron chi connectivity index (χ4n) is 1.46. The predicted octanol–water partition coefficient (Wildman–Crippen LogP) is 1.96. The molecule has 5 heteroatoms. The minimum atomic E-state index is -2.57. The Morgan fingerprint density at radius 3 is 2.27 bits per heavy atom. The molecule has 1 heterocycles. The third-order valence-electron chi connectivity index (χ3n) is 2.39. The van der Waals surface area contributed by atoms with E-state index in [9.17, 15) is 9.13 Å². The maximum atomic E-state index is 11.8. The molecular weight excluding hydrogens is 182 g/mol. The zero-order valence-electron chi connectivity index (χ0n) is 6.62. The first-order chi connectivity index (χ1) is 5.06. The summed E-state index contributed by atoms with van der Waals surface area (Å²) in [5.41, 5.74) is 0. The molecule has 66 valence electrons. The zero-order valence-corrected chi connectivity index (χ0v) is 8.51. The van der Waals surface area contributed by atoms with E-state index < -0.39 is 20.6 Å². The van der Waals surface area contributed by atoms with Crippen LogP contribution in [-0.4, -0.2) is 22.6 Å². The molecule has 1 aliphatic heterocycles.